The van der Waals surface area contributed by atoms with Crippen molar-refractivity contribution < 1.29 is 4.74 Å². The van der Waals surface area contributed by atoms with Crippen LogP contribution in [0.3, 0.4) is 0 Å². The number of nitrogens with one attached hydrogen (secondary N) is 1. The van der Waals surface area contributed by atoms with E-state index >= 15 is 0 Å². The molecule has 116 valence electrons. The fraction of sp³-hybridized carbons (Fsp3) is 0.667. The molecule has 0 saturated carbocycles. The molecule has 1 spiro atoms. The fourth-order valence-electron chi connectivity index (χ4n) is 3.67. The molecule has 1 N–H and O–H groups in total. The van der Waals surface area contributed by atoms with Crippen LogP contribution in [0.25, 0.3) is 0 Å². The highest BCUT2D eigenvalue weighted by Gasteiger charge is 2.44. The summed E-state index contributed by atoms with van der Waals surface area (Å²) in [5, 5.41) is 3.62. The summed E-state index contributed by atoms with van der Waals surface area (Å²) in [6.45, 7) is 9.88. The van der Waals surface area contributed by atoms with Crippen LogP contribution in [0.4, 0.5) is 5.69 Å². The van der Waals surface area contributed by atoms with Gasteiger partial charge in [0.15, 0.2) is 0 Å². The van der Waals surface area contributed by atoms with Gasteiger partial charge in [-0.2, -0.15) is 0 Å². The van der Waals surface area contributed by atoms with E-state index < -0.39 is 0 Å². The second-order valence-electron chi connectivity index (χ2n) is 6.70. The van der Waals surface area contributed by atoms with Gasteiger partial charge in [-0.25, -0.2) is 0 Å². The van der Waals surface area contributed by atoms with E-state index in [1.165, 1.54) is 43.6 Å². The molecule has 1 unspecified atom stereocenters. The maximum Gasteiger partial charge on any atom is 0.0472 e. The molecule has 0 radical (unpaired) electrons. The summed E-state index contributed by atoms with van der Waals surface area (Å²) < 4.78 is 5.52. The zero-order valence-corrected chi connectivity index (χ0v) is 13.4. The zero-order chi connectivity index (χ0) is 14.7. The van der Waals surface area contributed by atoms with Crippen molar-refractivity contribution in [2.75, 3.05) is 37.7 Å². The van der Waals surface area contributed by atoms with Crippen LogP contribution in [-0.4, -0.2) is 32.8 Å². The van der Waals surface area contributed by atoms with Crippen LogP contribution in [0.1, 0.15) is 44.7 Å². The fourth-order valence-corrected chi connectivity index (χ4v) is 3.67. The van der Waals surface area contributed by atoms with E-state index in [0.29, 0.717) is 11.5 Å². The largest absolute Gasteiger partial charge is 0.381 e. The van der Waals surface area contributed by atoms with E-state index in [4.69, 9.17) is 4.74 Å². The molecular formula is C18H28N2O. The van der Waals surface area contributed by atoms with Gasteiger partial charge in [0.25, 0.3) is 0 Å². The number of hydrogen-bond acceptors (Lipinski definition) is 3. The van der Waals surface area contributed by atoms with Gasteiger partial charge in [-0.05, 0) is 44.4 Å². The molecule has 2 aliphatic heterocycles. The normalized spacial score (nSPS) is 22.1. The van der Waals surface area contributed by atoms with E-state index in [9.17, 15) is 0 Å². The molecule has 0 bridgehead atoms. The number of ether oxygens (including phenoxy) is 1. The summed E-state index contributed by atoms with van der Waals surface area (Å²) in [6, 6.07) is 9.31. The van der Waals surface area contributed by atoms with Gasteiger partial charge >= 0.3 is 0 Å². The van der Waals surface area contributed by atoms with E-state index in [1.54, 1.807) is 0 Å². The number of benzene rings is 1. The van der Waals surface area contributed by atoms with E-state index in [1.807, 2.05) is 0 Å². The molecule has 2 aliphatic rings. The number of anilines is 1. The molecule has 2 saturated heterocycles. The van der Waals surface area contributed by atoms with Crippen LogP contribution in [0, 0.1) is 5.41 Å². The first-order valence-electron chi connectivity index (χ1n) is 8.39. The van der Waals surface area contributed by atoms with Gasteiger partial charge in [0.05, 0.1) is 0 Å². The lowest BCUT2D eigenvalue weighted by molar-refractivity contribution is -0.000265. The van der Waals surface area contributed by atoms with Crippen molar-refractivity contribution in [3.63, 3.8) is 0 Å². The van der Waals surface area contributed by atoms with E-state index in [-0.39, 0.29) is 0 Å². The van der Waals surface area contributed by atoms with E-state index in [0.717, 1.165) is 19.8 Å². The van der Waals surface area contributed by atoms with Crippen LogP contribution in [-0.2, 0) is 4.74 Å². The zero-order valence-electron chi connectivity index (χ0n) is 13.4. The Kier molecular flexibility index (Phi) is 4.51. The average Bonchev–Trinajstić information content (AvgIpc) is 2.51. The quantitative estimate of drug-likeness (QED) is 0.899. The van der Waals surface area contributed by atoms with Crippen molar-refractivity contribution in [1.82, 2.24) is 5.32 Å². The highest BCUT2D eigenvalue weighted by atomic mass is 16.5. The molecule has 2 heterocycles. The molecule has 21 heavy (non-hydrogen) atoms. The van der Waals surface area contributed by atoms with Gasteiger partial charge in [0, 0.05) is 43.4 Å². The molecule has 1 aromatic rings. The molecule has 1 aromatic carbocycles. The molecule has 3 rings (SSSR count). The Labute approximate surface area is 128 Å². The predicted molar refractivity (Wildman–Crippen MR) is 87.8 cm³/mol. The topological polar surface area (TPSA) is 24.5 Å². The lowest BCUT2D eigenvalue weighted by Crippen LogP contribution is -2.58. The summed E-state index contributed by atoms with van der Waals surface area (Å²) in [5.74, 6) is 0. The molecule has 3 nitrogen and oxygen atoms in total. The minimum absolute atomic E-state index is 0.424. The summed E-state index contributed by atoms with van der Waals surface area (Å²) in [7, 11) is 0. The second-order valence-corrected chi connectivity index (χ2v) is 6.70. The summed E-state index contributed by atoms with van der Waals surface area (Å²) in [6.07, 6.45) is 3.64. The first-order chi connectivity index (χ1) is 10.2. The third-order valence-corrected chi connectivity index (χ3v) is 5.05. The van der Waals surface area contributed by atoms with Crippen LogP contribution in [0.15, 0.2) is 24.3 Å². The third-order valence-electron chi connectivity index (χ3n) is 5.05. The third kappa shape index (κ3) is 3.09. The van der Waals surface area contributed by atoms with Crippen molar-refractivity contribution in [2.45, 2.75) is 39.2 Å². The SMILES string of the molecule is CCCNC(C)c1ccccc1N1CC2(CCOCC2)C1. The van der Waals surface area contributed by atoms with E-state index in [2.05, 4.69) is 48.3 Å². The molecule has 0 aromatic heterocycles. The smallest absolute Gasteiger partial charge is 0.0472 e. The average molecular weight is 288 g/mol. The number of hydrogen-bond donors (Lipinski definition) is 1. The van der Waals surface area contributed by atoms with Crippen molar-refractivity contribution in [3.05, 3.63) is 29.8 Å². The minimum Gasteiger partial charge on any atom is -0.381 e. The van der Waals surface area contributed by atoms with Crippen LogP contribution < -0.4 is 10.2 Å². The lowest BCUT2D eigenvalue weighted by Gasteiger charge is -2.54. The Morgan fingerprint density at radius 1 is 1.24 bits per heavy atom. The van der Waals surface area contributed by atoms with Gasteiger partial charge in [-0.15, -0.1) is 0 Å². The van der Waals surface area contributed by atoms with Gasteiger partial charge in [0.1, 0.15) is 0 Å². The summed E-state index contributed by atoms with van der Waals surface area (Å²) in [5.41, 5.74) is 3.39. The number of rotatable bonds is 5. The Morgan fingerprint density at radius 2 is 1.95 bits per heavy atom. The maximum absolute atomic E-state index is 5.52. The molecule has 2 fully saturated rings. The Bertz CT molecular complexity index is 460. The predicted octanol–water partition coefficient (Wildman–Crippen LogP) is 3.36. The summed E-state index contributed by atoms with van der Waals surface area (Å²) >= 11 is 0. The molecule has 0 aliphatic carbocycles. The first kappa shape index (κ1) is 14.9. The molecule has 3 heteroatoms. The van der Waals surface area contributed by atoms with Crippen LogP contribution in [0.2, 0.25) is 0 Å². The highest BCUT2D eigenvalue weighted by molar-refractivity contribution is 5.57. The second kappa shape index (κ2) is 6.37. The lowest BCUT2D eigenvalue weighted by atomic mass is 9.73. The standard InChI is InChI=1S/C18H28N2O/c1-3-10-19-15(2)16-6-4-5-7-17(16)20-13-18(14-20)8-11-21-12-9-18/h4-7,15,19H,3,8-14H2,1-2H3. The summed E-state index contributed by atoms with van der Waals surface area (Å²) in [4.78, 5) is 2.56. The van der Waals surface area contributed by atoms with Gasteiger partial charge in [0.2, 0.25) is 0 Å². The van der Waals surface area contributed by atoms with Crippen molar-refractivity contribution in [1.29, 1.82) is 0 Å². The van der Waals surface area contributed by atoms with Crippen LogP contribution >= 0.6 is 0 Å². The maximum atomic E-state index is 5.52. The number of para-hydroxylation sites is 1. The number of nitrogens with zero attached hydrogens (tertiary/aromatic N) is 1. The molecule has 1 atom stereocenters. The van der Waals surface area contributed by atoms with Gasteiger partial charge < -0.3 is 15.0 Å². The minimum atomic E-state index is 0.424. The first-order valence-corrected chi connectivity index (χ1v) is 8.39. The Balaban J connectivity index is 1.69. The van der Waals surface area contributed by atoms with Crippen molar-refractivity contribution in [3.8, 4) is 0 Å². The Hall–Kier alpha value is -1.06. The van der Waals surface area contributed by atoms with Gasteiger partial charge in [-0.3, -0.25) is 0 Å². The monoisotopic (exact) mass is 288 g/mol. The molecular weight excluding hydrogens is 260 g/mol. The Morgan fingerprint density at radius 3 is 2.67 bits per heavy atom. The van der Waals surface area contributed by atoms with Crippen molar-refractivity contribution in [2.24, 2.45) is 5.41 Å². The highest BCUT2D eigenvalue weighted by Crippen LogP contribution is 2.43. The van der Waals surface area contributed by atoms with Crippen molar-refractivity contribution >= 4 is 5.69 Å². The van der Waals surface area contributed by atoms with Crippen LogP contribution in [0.5, 0.6) is 0 Å². The molecule has 0 amide bonds. The van der Waals surface area contributed by atoms with Gasteiger partial charge in [-0.1, -0.05) is 25.1 Å².